The Labute approximate surface area is 128 Å². The lowest BCUT2D eigenvalue weighted by Crippen LogP contribution is -2.02. The van der Waals surface area contributed by atoms with Gasteiger partial charge in [-0.2, -0.15) is 0 Å². The van der Waals surface area contributed by atoms with Crippen LogP contribution in [0.25, 0.3) is 0 Å². The van der Waals surface area contributed by atoms with E-state index in [-0.39, 0.29) is 5.78 Å². The third kappa shape index (κ3) is 3.70. The molecule has 1 heterocycles. The second-order valence-corrected chi connectivity index (χ2v) is 6.13. The molecule has 0 aliphatic rings. The summed E-state index contributed by atoms with van der Waals surface area (Å²) in [5.41, 5.74) is 0.718. The highest BCUT2D eigenvalue weighted by molar-refractivity contribution is 14.1. The summed E-state index contributed by atoms with van der Waals surface area (Å²) in [7, 11) is 0. The number of hydrogen-bond acceptors (Lipinski definition) is 3. The summed E-state index contributed by atoms with van der Waals surface area (Å²) >= 11 is 9.55. The lowest BCUT2D eigenvalue weighted by Gasteiger charge is -2.02. The van der Waals surface area contributed by atoms with Crippen LogP contribution in [0.4, 0.5) is 0 Å². The number of halogens is 2. The molecule has 0 spiro atoms. The van der Waals surface area contributed by atoms with Crippen LogP contribution in [-0.4, -0.2) is 16.5 Å². The van der Waals surface area contributed by atoms with Gasteiger partial charge in [0.15, 0.2) is 5.78 Å². The Morgan fingerprint density at radius 1 is 1.28 bits per heavy atom. The van der Waals surface area contributed by atoms with Gasteiger partial charge in [0.1, 0.15) is 5.03 Å². The van der Waals surface area contributed by atoms with E-state index < -0.39 is 0 Å². The van der Waals surface area contributed by atoms with E-state index in [2.05, 4.69) is 27.6 Å². The van der Waals surface area contributed by atoms with Crippen LogP contribution in [0.15, 0.2) is 47.6 Å². The van der Waals surface area contributed by atoms with Gasteiger partial charge in [0, 0.05) is 15.3 Å². The smallest absolute Gasteiger partial charge is 0.173 e. The molecule has 0 bridgehead atoms. The van der Waals surface area contributed by atoms with Crippen molar-refractivity contribution in [1.29, 1.82) is 0 Å². The predicted octanol–water partition coefficient (Wildman–Crippen LogP) is 4.31. The Balaban J connectivity index is 2.01. The first-order chi connectivity index (χ1) is 8.66. The second-order valence-electron chi connectivity index (χ2n) is 3.51. The van der Waals surface area contributed by atoms with Crippen molar-refractivity contribution in [1.82, 2.24) is 4.98 Å². The number of Topliss-reactive ketones (excluding diaryl/α,β-unsaturated/α-hetero) is 1. The summed E-state index contributed by atoms with van der Waals surface area (Å²) < 4.78 is 1.12. The molecule has 0 N–H and O–H groups in total. The van der Waals surface area contributed by atoms with E-state index in [0.717, 1.165) is 9.13 Å². The minimum Gasteiger partial charge on any atom is -0.293 e. The molecule has 0 unspecified atom stereocenters. The fourth-order valence-electron chi connectivity index (χ4n) is 1.33. The van der Waals surface area contributed by atoms with Crippen LogP contribution >= 0.6 is 46.0 Å². The molecule has 0 saturated carbocycles. The molecule has 1 aromatic heterocycles. The number of rotatable bonds is 4. The first kappa shape index (κ1) is 13.8. The van der Waals surface area contributed by atoms with Gasteiger partial charge in [-0.15, -0.1) is 0 Å². The number of carbonyl (C=O) groups excluding carboxylic acids is 1. The molecule has 2 aromatic rings. The van der Waals surface area contributed by atoms with Gasteiger partial charge in [-0.05, 0) is 46.9 Å². The predicted molar refractivity (Wildman–Crippen MR) is 83.5 cm³/mol. The third-order valence-electron chi connectivity index (χ3n) is 2.23. The van der Waals surface area contributed by atoms with Gasteiger partial charge in [-0.3, -0.25) is 4.79 Å². The van der Waals surface area contributed by atoms with E-state index >= 15 is 0 Å². The van der Waals surface area contributed by atoms with Crippen LogP contribution < -0.4 is 0 Å². The first-order valence-electron chi connectivity index (χ1n) is 5.19. The van der Waals surface area contributed by atoms with Crippen LogP contribution in [0.3, 0.4) is 0 Å². The van der Waals surface area contributed by atoms with Crippen molar-refractivity contribution in [3.05, 3.63) is 56.8 Å². The number of aromatic nitrogens is 1. The molecule has 18 heavy (non-hydrogen) atoms. The summed E-state index contributed by atoms with van der Waals surface area (Å²) in [5, 5.41) is 1.27. The molecule has 0 aliphatic carbocycles. The van der Waals surface area contributed by atoms with Crippen LogP contribution in [0.2, 0.25) is 5.02 Å². The van der Waals surface area contributed by atoms with Crippen LogP contribution in [0.5, 0.6) is 0 Å². The van der Waals surface area contributed by atoms with Gasteiger partial charge in [-0.25, -0.2) is 4.98 Å². The Morgan fingerprint density at radius 3 is 2.67 bits per heavy atom. The summed E-state index contributed by atoms with van der Waals surface area (Å²) in [6.07, 6.45) is 1.67. The lowest BCUT2D eigenvalue weighted by atomic mass is 10.2. The van der Waals surface area contributed by atoms with E-state index in [1.54, 1.807) is 18.3 Å². The molecular formula is C13H9ClINOS. The van der Waals surface area contributed by atoms with Gasteiger partial charge in [0.25, 0.3) is 0 Å². The van der Waals surface area contributed by atoms with E-state index in [4.69, 9.17) is 11.6 Å². The molecule has 1 aromatic carbocycles. The maximum Gasteiger partial charge on any atom is 0.173 e. The normalized spacial score (nSPS) is 10.3. The Kier molecular flexibility index (Phi) is 5.03. The Morgan fingerprint density at radius 2 is 2.00 bits per heavy atom. The van der Waals surface area contributed by atoms with E-state index in [9.17, 15) is 4.79 Å². The average molecular weight is 390 g/mol. The fraction of sp³-hybridized carbons (Fsp3) is 0.0769. The SMILES string of the molecule is O=C(CSc1ncccc1Cl)c1ccc(I)cc1. The number of pyridine rings is 1. The number of nitrogens with zero attached hydrogens (tertiary/aromatic N) is 1. The third-order valence-corrected chi connectivity index (χ3v) is 4.37. The van der Waals surface area contributed by atoms with Crippen molar-refractivity contribution >= 4 is 51.7 Å². The number of thioether (sulfide) groups is 1. The highest BCUT2D eigenvalue weighted by Crippen LogP contribution is 2.24. The standard InChI is InChI=1S/C13H9ClINOS/c14-11-2-1-7-16-13(11)18-8-12(17)9-3-5-10(15)6-4-9/h1-7H,8H2. The molecule has 0 saturated heterocycles. The highest BCUT2D eigenvalue weighted by Gasteiger charge is 2.08. The number of carbonyl (C=O) groups is 1. The van der Waals surface area contributed by atoms with Gasteiger partial charge in [0.2, 0.25) is 0 Å². The van der Waals surface area contributed by atoms with Crippen molar-refractivity contribution in [3.8, 4) is 0 Å². The minimum absolute atomic E-state index is 0.0816. The van der Waals surface area contributed by atoms with Gasteiger partial charge >= 0.3 is 0 Å². The molecular weight excluding hydrogens is 381 g/mol. The first-order valence-corrected chi connectivity index (χ1v) is 7.63. The number of benzene rings is 1. The highest BCUT2D eigenvalue weighted by atomic mass is 127. The van der Waals surface area contributed by atoms with Gasteiger partial charge in [0.05, 0.1) is 10.8 Å². The summed E-state index contributed by atoms with van der Waals surface area (Å²) in [4.78, 5) is 16.1. The molecule has 0 atom stereocenters. The fourth-order valence-corrected chi connectivity index (χ4v) is 2.75. The maximum absolute atomic E-state index is 11.9. The van der Waals surface area contributed by atoms with Crippen LogP contribution in [-0.2, 0) is 0 Å². The van der Waals surface area contributed by atoms with Crippen molar-refractivity contribution < 1.29 is 4.79 Å². The Hall–Kier alpha value is -0.590. The molecule has 0 radical (unpaired) electrons. The van der Waals surface area contributed by atoms with Crippen molar-refractivity contribution in [2.45, 2.75) is 5.03 Å². The largest absolute Gasteiger partial charge is 0.293 e. The zero-order valence-electron chi connectivity index (χ0n) is 9.27. The van der Waals surface area contributed by atoms with Crippen LogP contribution in [0.1, 0.15) is 10.4 Å². The van der Waals surface area contributed by atoms with Crippen molar-refractivity contribution in [2.75, 3.05) is 5.75 Å². The zero-order valence-corrected chi connectivity index (χ0v) is 13.0. The molecule has 0 amide bonds. The molecule has 2 nitrogen and oxygen atoms in total. The van der Waals surface area contributed by atoms with Crippen molar-refractivity contribution in [3.63, 3.8) is 0 Å². The number of ketones is 1. The zero-order chi connectivity index (χ0) is 13.0. The molecule has 5 heteroatoms. The lowest BCUT2D eigenvalue weighted by molar-refractivity contribution is 0.102. The van der Waals surface area contributed by atoms with Gasteiger partial charge in [-0.1, -0.05) is 35.5 Å². The number of hydrogen-bond donors (Lipinski definition) is 0. The quantitative estimate of drug-likeness (QED) is 0.443. The molecule has 92 valence electrons. The van der Waals surface area contributed by atoms with Crippen molar-refractivity contribution in [2.24, 2.45) is 0 Å². The average Bonchev–Trinajstić information content (AvgIpc) is 2.38. The summed E-state index contributed by atoms with van der Waals surface area (Å²) in [6.45, 7) is 0. The minimum atomic E-state index is 0.0816. The monoisotopic (exact) mass is 389 g/mol. The molecule has 0 aliphatic heterocycles. The topological polar surface area (TPSA) is 30.0 Å². The van der Waals surface area contributed by atoms with E-state index in [1.807, 2.05) is 24.3 Å². The van der Waals surface area contributed by atoms with E-state index in [0.29, 0.717) is 15.8 Å². The van der Waals surface area contributed by atoms with E-state index in [1.165, 1.54) is 11.8 Å². The summed E-state index contributed by atoms with van der Waals surface area (Å²) in [5.74, 6) is 0.426. The molecule has 2 rings (SSSR count). The van der Waals surface area contributed by atoms with Crippen LogP contribution in [0, 0.1) is 3.57 Å². The Bertz CT molecular complexity index is 559. The summed E-state index contributed by atoms with van der Waals surface area (Å²) in [6, 6.07) is 11.1. The van der Waals surface area contributed by atoms with Gasteiger partial charge < -0.3 is 0 Å². The maximum atomic E-state index is 11.9. The second kappa shape index (κ2) is 6.54. The molecule has 0 fully saturated rings.